The molecule has 0 saturated carbocycles. The minimum Gasteiger partial charge on any atom is -0.497 e. The van der Waals surface area contributed by atoms with E-state index in [1.54, 1.807) is 50.6 Å². The lowest BCUT2D eigenvalue weighted by molar-refractivity contribution is 0.0583. The third-order valence-electron chi connectivity index (χ3n) is 6.46. The lowest BCUT2D eigenvalue weighted by Gasteiger charge is -2.35. The topological polar surface area (TPSA) is 75.5 Å². The Morgan fingerprint density at radius 3 is 2.38 bits per heavy atom. The van der Waals surface area contributed by atoms with Crippen molar-refractivity contribution in [1.82, 2.24) is 14.7 Å². The SMILES string of the molecule is COc1ccc(C(=O)N(C/C=C/c2ccccc2OC)CCN2CCN(C(=O)c3ccco3)CC2)cc1. The molecule has 194 valence electrons. The van der Waals surface area contributed by atoms with Gasteiger partial charge in [0, 0.05) is 56.9 Å². The van der Waals surface area contributed by atoms with Crippen LogP contribution < -0.4 is 9.47 Å². The van der Waals surface area contributed by atoms with Crippen LogP contribution in [0.25, 0.3) is 6.08 Å². The molecule has 0 radical (unpaired) electrons. The average molecular weight is 504 g/mol. The van der Waals surface area contributed by atoms with E-state index in [-0.39, 0.29) is 11.8 Å². The first kappa shape index (κ1) is 26.0. The Bertz CT molecular complexity index is 1180. The predicted octanol–water partition coefficient (Wildman–Crippen LogP) is 3.91. The normalized spacial score (nSPS) is 14.1. The van der Waals surface area contributed by atoms with Crippen molar-refractivity contribution in [2.75, 3.05) is 60.0 Å². The van der Waals surface area contributed by atoms with E-state index in [1.807, 2.05) is 46.2 Å². The molecule has 8 nitrogen and oxygen atoms in total. The van der Waals surface area contributed by atoms with Crippen LogP contribution >= 0.6 is 0 Å². The second-order valence-electron chi connectivity index (χ2n) is 8.74. The maximum absolute atomic E-state index is 13.4. The number of ether oxygens (including phenoxy) is 2. The molecule has 2 aromatic carbocycles. The largest absolute Gasteiger partial charge is 0.497 e. The summed E-state index contributed by atoms with van der Waals surface area (Å²) >= 11 is 0. The molecule has 8 heteroatoms. The summed E-state index contributed by atoms with van der Waals surface area (Å²) in [5.74, 6) is 1.74. The van der Waals surface area contributed by atoms with Crippen LogP contribution in [0.3, 0.4) is 0 Å². The van der Waals surface area contributed by atoms with Crippen LogP contribution in [0, 0.1) is 0 Å². The van der Waals surface area contributed by atoms with Crippen molar-refractivity contribution < 1.29 is 23.5 Å². The zero-order chi connectivity index (χ0) is 26.0. The fourth-order valence-electron chi connectivity index (χ4n) is 4.30. The number of nitrogens with zero attached hydrogens (tertiary/aromatic N) is 3. The van der Waals surface area contributed by atoms with E-state index in [1.165, 1.54) is 6.26 Å². The highest BCUT2D eigenvalue weighted by Crippen LogP contribution is 2.19. The van der Waals surface area contributed by atoms with Gasteiger partial charge < -0.3 is 23.7 Å². The monoisotopic (exact) mass is 503 g/mol. The Balaban J connectivity index is 1.39. The van der Waals surface area contributed by atoms with Crippen LogP contribution in [0.15, 0.2) is 77.4 Å². The van der Waals surface area contributed by atoms with Gasteiger partial charge in [0.2, 0.25) is 0 Å². The van der Waals surface area contributed by atoms with E-state index >= 15 is 0 Å². The second-order valence-corrected chi connectivity index (χ2v) is 8.74. The highest BCUT2D eigenvalue weighted by Gasteiger charge is 2.24. The van der Waals surface area contributed by atoms with Crippen molar-refractivity contribution in [2.24, 2.45) is 0 Å². The van der Waals surface area contributed by atoms with Gasteiger partial charge in [-0.25, -0.2) is 0 Å². The maximum Gasteiger partial charge on any atom is 0.289 e. The van der Waals surface area contributed by atoms with Gasteiger partial charge in [-0.15, -0.1) is 0 Å². The quantitative estimate of drug-likeness (QED) is 0.418. The minimum atomic E-state index is -0.0811. The van der Waals surface area contributed by atoms with Crippen LogP contribution in [0.4, 0.5) is 0 Å². The summed E-state index contributed by atoms with van der Waals surface area (Å²) in [5, 5.41) is 0. The molecule has 0 spiro atoms. The number of carbonyl (C=O) groups is 2. The van der Waals surface area contributed by atoms with Crippen molar-refractivity contribution in [3.05, 3.63) is 89.9 Å². The number of hydrogen-bond donors (Lipinski definition) is 0. The summed E-state index contributed by atoms with van der Waals surface area (Å²) in [6.07, 6.45) is 5.48. The molecule has 0 unspecified atom stereocenters. The molecule has 0 aliphatic carbocycles. The first-order valence-electron chi connectivity index (χ1n) is 12.4. The summed E-state index contributed by atoms with van der Waals surface area (Å²) in [6, 6.07) is 18.4. The van der Waals surface area contributed by atoms with Gasteiger partial charge in [0.15, 0.2) is 5.76 Å². The average Bonchev–Trinajstić information content (AvgIpc) is 3.50. The van der Waals surface area contributed by atoms with Gasteiger partial charge >= 0.3 is 0 Å². The number of amides is 2. The summed E-state index contributed by atoms with van der Waals surface area (Å²) in [7, 11) is 3.25. The fourth-order valence-corrected chi connectivity index (χ4v) is 4.30. The Hall–Kier alpha value is -4.04. The Labute approximate surface area is 217 Å². The van der Waals surface area contributed by atoms with Crippen LogP contribution in [-0.2, 0) is 0 Å². The van der Waals surface area contributed by atoms with Crippen molar-refractivity contribution in [1.29, 1.82) is 0 Å². The minimum absolute atomic E-state index is 0.0426. The van der Waals surface area contributed by atoms with E-state index in [2.05, 4.69) is 4.90 Å². The standard InChI is InChI=1S/C29H33N3O5/c1-35-25-13-11-24(12-14-25)28(33)31(15-5-8-23-7-3-4-9-26(23)36-2)19-16-30-17-20-32(21-18-30)29(34)27-10-6-22-37-27/h3-14,22H,15-21H2,1-2H3/b8-5+. The molecule has 1 aliphatic heterocycles. The van der Waals surface area contributed by atoms with Gasteiger partial charge in [-0.1, -0.05) is 30.4 Å². The molecule has 1 aromatic heterocycles. The van der Waals surface area contributed by atoms with Crippen molar-refractivity contribution in [3.8, 4) is 11.5 Å². The highest BCUT2D eigenvalue weighted by molar-refractivity contribution is 5.94. The van der Waals surface area contributed by atoms with Gasteiger partial charge in [0.05, 0.1) is 20.5 Å². The second kappa shape index (κ2) is 12.8. The Kier molecular flexibility index (Phi) is 8.99. The van der Waals surface area contributed by atoms with E-state index in [4.69, 9.17) is 13.9 Å². The number of methoxy groups -OCH3 is 2. The molecule has 1 saturated heterocycles. The molecular weight excluding hydrogens is 470 g/mol. The fraction of sp³-hybridized carbons (Fsp3) is 0.310. The summed E-state index contributed by atoms with van der Waals surface area (Å²) in [6.45, 7) is 4.47. The smallest absolute Gasteiger partial charge is 0.289 e. The summed E-state index contributed by atoms with van der Waals surface area (Å²) in [5.41, 5.74) is 1.57. The van der Waals surface area contributed by atoms with Crippen LogP contribution in [0.2, 0.25) is 0 Å². The third kappa shape index (κ3) is 6.80. The van der Waals surface area contributed by atoms with Crippen LogP contribution in [-0.4, -0.2) is 86.5 Å². The van der Waals surface area contributed by atoms with E-state index < -0.39 is 0 Å². The Morgan fingerprint density at radius 2 is 1.70 bits per heavy atom. The number of hydrogen-bond acceptors (Lipinski definition) is 6. The van der Waals surface area contributed by atoms with E-state index in [9.17, 15) is 9.59 Å². The molecule has 0 atom stereocenters. The zero-order valence-corrected chi connectivity index (χ0v) is 21.3. The van der Waals surface area contributed by atoms with E-state index in [0.29, 0.717) is 49.8 Å². The molecular formula is C29H33N3O5. The van der Waals surface area contributed by atoms with Crippen molar-refractivity contribution in [3.63, 3.8) is 0 Å². The number of carbonyl (C=O) groups excluding carboxylic acids is 2. The molecule has 1 fully saturated rings. The van der Waals surface area contributed by atoms with Gasteiger partial charge in [0.25, 0.3) is 11.8 Å². The number of para-hydroxylation sites is 1. The number of piperazine rings is 1. The van der Waals surface area contributed by atoms with E-state index in [0.717, 1.165) is 24.4 Å². The van der Waals surface area contributed by atoms with Crippen LogP contribution in [0.1, 0.15) is 26.5 Å². The first-order chi connectivity index (χ1) is 18.1. The lowest BCUT2D eigenvalue weighted by atomic mass is 10.1. The molecule has 37 heavy (non-hydrogen) atoms. The van der Waals surface area contributed by atoms with Gasteiger partial charge in [0.1, 0.15) is 11.5 Å². The first-order valence-corrected chi connectivity index (χ1v) is 12.4. The molecule has 4 rings (SSSR count). The molecule has 0 N–H and O–H groups in total. The number of rotatable bonds is 10. The highest BCUT2D eigenvalue weighted by atomic mass is 16.5. The molecule has 3 aromatic rings. The summed E-state index contributed by atoms with van der Waals surface area (Å²) < 4.78 is 15.9. The predicted molar refractivity (Wildman–Crippen MR) is 142 cm³/mol. The molecule has 2 amide bonds. The Morgan fingerprint density at radius 1 is 0.946 bits per heavy atom. The number of furan rings is 1. The molecule has 1 aliphatic rings. The van der Waals surface area contributed by atoms with Gasteiger partial charge in [-0.05, 0) is 42.5 Å². The molecule has 0 bridgehead atoms. The van der Waals surface area contributed by atoms with Gasteiger partial charge in [-0.3, -0.25) is 14.5 Å². The zero-order valence-electron chi connectivity index (χ0n) is 21.3. The third-order valence-corrected chi connectivity index (χ3v) is 6.46. The maximum atomic E-state index is 13.4. The van der Waals surface area contributed by atoms with Gasteiger partial charge in [-0.2, -0.15) is 0 Å². The van der Waals surface area contributed by atoms with Crippen LogP contribution in [0.5, 0.6) is 11.5 Å². The number of benzene rings is 2. The van der Waals surface area contributed by atoms with Crippen molar-refractivity contribution in [2.45, 2.75) is 0 Å². The molecule has 2 heterocycles. The summed E-state index contributed by atoms with van der Waals surface area (Å²) in [4.78, 5) is 31.9. The van der Waals surface area contributed by atoms with Crippen molar-refractivity contribution >= 4 is 17.9 Å². The lowest BCUT2D eigenvalue weighted by Crippen LogP contribution is -2.50.